The van der Waals surface area contributed by atoms with Crippen LogP contribution < -0.4 is 5.32 Å². The van der Waals surface area contributed by atoms with Crippen molar-refractivity contribution in [1.82, 2.24) is 10.3 Å². The minimum atomic E-state index is -0.589. The molecule has 15 heavy (non-hydrogen) atoms. The molecule has 0 aliphatic carbocycles. The van der Waals surface area contributed by atoms with Crippen LogP contribution in [0.3, 0.4) is 0 Å². The van der Waals surface area contributed by atoms with Crippen molar-refractivity contribution in [2.75, 3.05) is 6.54 Å². The van der Waals surface area contributed by atoms with Crippen LogP contribution in [0.2, 0.25) is 0 Å². The van der Waals surface area contributed by atoms with Gasteiger partial charge >= 0.3 is 5.82 Å². The van der Waals surface area contributed by atoms with Gasteiger partial charge in [-0.15, -0.1) is 0 Å². The number of hydrogen-bond donors (Lipinski definition) is 1. The fraction of sp³-hybridized carbons (Fsp3) is 0.333. The van der Waals surface area contributed by atoms with E-state index in [0.29, 0.717) is 17.8 Å². The first-order chi connectivity index (χ1) is 7.06. The molecule has 0 unspecified atom stereocenters. The highest BCUT2D eigenvalue weighted by Gasteiger charge is 2.16. The van der Waals surface area contributed by atoms with Crippen molar-refractivity contribution in [1.29, 1.82) is 0 Å². The average Bonchev–Trinajstić information content (AvgIpc) is 2.17. The molecule has 0 saturated heterocycles. The molecular weight excluding hydrogens is 198 g/mol. The molecule has 0 aromatic carbocycles. The molecule has 1 heterocycles. The standard InChI is InChI=1S/C9H11N3O3/c1-3-10-9(13)7-4-5-8(12(14)15)11-6(7)2/h4-5H,3H2,1-2H3,(H,10,13). The fourth-order valence-electron chi connectivity index (χ4n) is 1.15. The zero-order valence-corrected chi connectivity index (χ0v) is 8.48. The summed E-state index contributed by atoms with van der Waals surface area (Å²) >= 11 is 0. The Labute approximate surface area is 86.5 Å². The monoisotopic (exact) mass is 209 g/mol. The SMILES string of the molecule is CCNC(=O)c1ccc([N+](=O)[O-])nc1C. The van der Waals surface area contributed by atoms with Gasteiger partial charge in [0.25, 0.3) is 5.91 Å². The van der Waals surface area contributed by atoms with Crippen LogP contribution >= 0.6 is 0 Å². The number of aromatic nitrogens is 1. The van der Waals surface area contributed by atoms with E-state index < -0.39 is 4.92 Å². The Morgan fingerprint density at radius 2 is 2.27 bits per heavy atom. The number of pyridine rings is 1. The lowest BCUT2D eigenvalue weighted by molar-refractivity contribution is -0.389. The second-order valence-electron chi connectivity index (χ2n) is 2.92. The summed E-state index contributed by atoms with van der Waals surface area (Å²) < 4.78 is 0. The molecule has 6 heteroatoms. The van der Waals surface area contributed by atoms with E-state index in [9.17, 15) is 14.9 Å². The molecule has 6 nitrogen and oxygen atoms in total. The van der Waals surface area contributed by atoms with Crippen LogP contribution in [0.25, 0.3) is 0 Å². The third kappa shape index (κ3) is 2.49. The number of amides is 1. The maximum Gasteiger partial charge on any atom is 0.363 e. The maximum absolute atomic E-state index is 11.4. The second kappa shape index (κ2) is 4.50. The molecule has 1 amide bonds. The number of nitro groups is 1. The minimum Gasteiger partial charge on any atom is -0.358 e. The van der Waals surface area contributed by atoms with E-state index in [1.54, 1.807) is 13.8 Å². The molecule has 0 bridgehead atoms. The lowest BCUT2D eigenvalue weighted by atomic mass is 10.2. The molecule has 0 aliphatic rings. The van der Waals surface area contributed by atoms with Gasteiger partial charge in [0.2, 0.25) is 0 Å². The summed E-state index contributed by atoms with van der Waals surface area (Å²) in [6.45, 7) is 3.87. The minimum absolute atomic E-state index is 0.249. The first kappa shape index (κ1) is 11.1. The quantitative estimate of drug-likeness (QED) is 0.595. The third-order valence-electron chi connectivity index (χ3n) is 1.84. The number of carbonyl (C=O) groups is 1. The summed E-state index contributed by atoms with van der Waals surface area (Å²) in [7, 11) is 0. The number of rotatable bonds is 3. The molecular formula is C9H11N3O3. The normalized spacial score (nSPS) is 9.73. The van der Waals surface area contributed by atoms with Gasteiger partial charge in [-0.2, -0.15) is 0 Å². The van der Waals surface area contributed by atoms with Gasteiger partial charge in [-0.3, -0.25) is 4.79 Å². The molecule has 0 aliphatic heterocycles. The zero-order valence-electron chi connectivity index (χ0n) is 8.48. The predicted molar refractivity (Wildman–Crippen MR) is 53.6 cm³/mol. The van der Waals surface area contributed by atoms with Crippen LogP contribution in [0.15, 0.2) is 12.1 Å². The smallest absolute Gasteiger partial charge is 0.358 e. The van der Waals surface area contributed by atoms with Gasteiger partial charge in [-0.1, -0.05) is 0 Å². The van der Waals surface area contributed by atoms with E-state index in [1.807, 2.05) is 0 Å². The lowest BCUT2D eigenvalue weighted by Gasteiger charge is -2.02. The molecule has 1 N–H and O–H groups in total. The molecule has 0 spiro atoms. The summed E-state index contributed by atoms with van der Waals surface area (Å²) in [6.07, 6.45) is 0. The number of carbonyl (C=O) groups excluding carboxylic acids is 1. The molecule has 1 aromatic rings. The summed E-state index contributed by atoms with van der Waals surface area (Å²) in [5.74, 6) is -0.516. The van der Waals surface area contributed by atoms with Crippen LogP contribution in [-0.2, 0) is 0 Å². The van der Waals surface area contributed by atoms with Gasteiger partial charge in [0, 0.05) is 19.5 Å². The molecule has 0 radical (unpaired) electrons. The molecule has 0 atom stereocenters. The summed E-state index contributed by atoms with van der Waals surface area (Å²) in [5.41, 5.74) is 0.720. The van der Waals surface area contributed by atoms with Crippen LogP contribution in [-0.4, -0.2) is 22.4 Å². The summed E-state index contributed by atoms with van der Waals surface area (Å²) in [4.78, 5) is 25.0. The summed E-state index contributed by atoms with van der Waals surface area (Å²) in [5, 5.41) is 13.0. The van der Waals surface area contributed by atoms with Crippen molar-refractivity contribution >= 4 is 11.7 Å². The molecule has 1 aromatic heterocycles. The number of hydrogen-bond acceptors (Lipinski definition) is 4. The Morgan fingerprint density at radius 1 is 1.60 bits per heavy atom. The summed E-state index contributed by atoms with van der Waals surface area (Å²) in [6, 6.07) is 2.63. The van der Waals surface area contributed by atoms with Gasteiger partial charge in [0.05, 0.1) is 5.56 Å². The highest BCUT2D eigenvalue weighted by atomic mass is 16.6. The van der Waals surface area contributed by atoms with Gasteiger partial charge in [0.1, 0.15) is 0 Å². The van der Waals surface area contributed by atoms with E-state index in [-0.39, 0.29) is 11.7 Å². The van der Waals surface area contributed by atoms with Gasteiger partial charge < -0.3 is 15.4 Å². The van der Waals surface area contributed by atoms with Crippen LogP contribution in [0.1, 0.15) is 23.0 Å². The predicted octanol–water partition coefficient (Wildman–Crippen LogP) is 1.05. The Bertz CT molecular complexity index is 404. The van der Waals surface area contributed by atoms with Crippen molar-refractivity contribution in [3.05, 3.63) is 33.5 Å². The van der Waals surface area contributed by atoms with Crippen molar-refractivity contribution in [3.63, 3.8) is 0 Å². The fourth-order valence-corrected chi connectivity index (χ4v) is 1.15. The number of aryl methyl sites for hydroxylation is 1. The van der Waals surface area contributed by atoms with Crippen LogP contribution in [0.5, 0.6) is 0 Å². The number of nitrogens with one attached hydrogen (secondary N) is 1. The van der Waals surface area contributed by atoms with Gasteiger partial charge in [0.15, 0.2) is 5.69 Å². The maximum atomic E-state index is 11.4. The Kier molecular flexibility index (Phi) is 3.33. The molecule has 1 rings (SSSR count). The van der Waals surface area contributed by atoms with Crippen molar-refractivity contribution in [2.24, 2.45) is 0 Å². The Hall–Kier alpha value is -1.98. The van der Waals surface area contributed by atoms with E-state index in [0.717, 1.165) is 0 Å². The molecule has 0 fully saturated rings. The first-order valence-corrected chi connectivity index (χ1v) is 4.46. The average molecular weight is 209 g/mol. The van der Waals surface area contributed by atoms with Gasteiger partial charge in [-0.25, -0.2) is 0 Å². The largest absolute Gasteiger partial charge is 0.363 e. The highest BCUT2D eigenvalue weighted by Crippen LogP contribution is 2.12. The van der Waals surface area contributed by atoms with Crippen LogP contribution in [0.4, 0.5) is 5.82 Å². The van der Waals surface area contributed by atoms with Crippen molar-refractivity contribution < 1.29 is 9.72 Å². The number of nitrogens with zero attached hydrogens (tertiary/aromatic N) is 2. The van der Waals surface area contributed by atoms with E-state index in [1.165, 1.54) is 12.1 Å². The second-order valence-corrected chi connectivity index (χ2v) is 2.92. The Balaban J connectivity index is 3.03. The topological polar surface area (TPSA) is 85.1 Å². The highest BCUT2D eigenvalue weighted by molar-refractivity contribution is 5.95. The molecule has 0 saturated carbocycles. The first-order valence-electron chi connectivity index (χ1n) is 4.46. The van der Waals surface area contributed by atoms with Crippen molar-refractivity contribution in [2.45, 2.75) is 13.8 Å². The lowest BCUT2D eigenvalue weighted by Crippen LogP contribution is -2.23. The zero-order chi connectivity index (χ0) is 11.4. The van der Waals surface area contributed by atoms with Crippen LogP contribution in [0, 0.1) is 17.0 Å². The van der Waals surface area contributed by atoms with E-state index in [4.69, 9.17) is 0 Å². The van der Waals surface area contributed by atoms with E-state index >= 15 is 0 Å². The van der Waals surface area contributed by atoms with Gasteiger partial charge in [-0.05, 0) is 22.9 Å². The molecule has 80 valence electrons. The van der Waals surface area contributed by atoms with E-state index in [2.05, 4.69) is 10.3 Å². The Morgan fingerprint density at radius 3 is 2.73 bits per heavy atom. The third-order valence-corrected chi connectivity index (χ3v) is 1.84. The van der Waals surface area contributed by atoms with Crippen molar-refractivity contribution in [3.8, 4) is 0 Å².